The maximum atomic E-state index is 15.4. The normalized spacial score (nSPS) is 22.0. The first kappa shape index (κ1) is 20.2. The molecule has 1 saturated heterocycles. The highest BCUT2D eigenvalue weighted by molar-refractivity contribution is 5.97. The van der Waals surface area contributed by atoms with E-state index in [9.17, 15) is 23.5 Å². The third kappa shape index (κ3) is 3.15. The Morgan fingerprint density at radius 2 is 2.06 bits per heavy atom. The molecule has 2 N–H and O–H groups in total. The van der Waals surface area contributed by atoms with Gasteiger partial charge in [-0.25, -0.2) is 9.18 Å². The summed E-state index contributed by atoms with van der Waals surface area (Å²) in [4.78, 5) is 26.0. The van der Waals surface area contributed by atoms with Gasteiger partial charge < -0.3 is 24.6 Å². The summed E-state index contributed by atoms with van der Waals surface area (Å²) < 4.78 is 48.6. The molecule has 7 nitrogen and oxygen atoms in total. The van der Waals surface area contributed by atoms with Crippen molar-refractivity contribution in [1.82, 2.24) is 9.88 Å². The molecule has 2 aliphatic carbocycles. The number of likely N-dealkylation sites (N-methyl/N-ethyl adjacent to an activating group) is 1. The molecule has 3 fully saturated rings. The Bertz CT molecular complexity index is 1140. The first-order valence-electron chi connectivity index (χ1n) is 10.3. The molecule has 2 saturated carbocycles. The predicted octanol–water partition coefficient (Wildman–Crippen LogP) is 2.96. The van der Waals surface area contributed by atoms with Gasteiger partial charge in [0.1, 0.15) is 11.3 Å². The number of halogens is 3. The second kappa shape index (κ2) is 6.88. The Labute approximate surface area is 175 Å². The fraction of sp³-hybridized carbons (Fsp3) is 0.524. The number of anilines is 1. The monoisotopic (exact) mass is 437 g/mol. The number of pyridine rings is 1. The number of carboxylic acids is 1. The maximum Gasteiger partial charge on any atom is 0.387 e. The van der Waals surface area contributed by atoms with E-state index < -0.39 is 35.1 Å². The molecule has 2 heterocycles. The fourth-order valence-electron chi connectivity index (χ4n) is 4.94. The molecule has 0 bridgehead atoms. The van der Waals surface area contributed by atoms with Gasteiger partial charge in [-0.1, -0.05) is 0 Å². The van der Waals surface area contributed by atoms with Gasteiger partial charge in [0, 0.05) is 36.8 Å². The fourth-order valence-corrected chi connectivity index (χ4v) is 4.94. The molecular weight excluding hydrogens is 415 g/mol. The Balaban J connectivity index is 1.78. The van der Waals surface area contributed by atoms with E-state index in [1.165, 1.54) is 4.57 Å². The summed E-state index contributed by atoms with van der Waals surface area (Å²) in [6, 6.07) is 0.892. The van der Waals surface area contributed by atoms with Gasteiger partial charge in [0.05, 0.1) is 10.9 Å². The number of alkyl halides is 2. The zero-order chi connectivity index (χ0) is 22.1. The molecule has 10 heteroatoms. The van der Waals surface area contributed by atoms with Gasteiger partial charge >= 0.3 is 12.6 Å². The number of ether oxygens (including phenoxy) is 1. The number of aromatic carboxylic acids is 1. The van der Waals surface area contributed by atoms with Crippen LogP contribution in [-0.4, -0.2) is 48.4 Å². The van der Waals surface area contributed by atoms with Crippen LogP contribution < -0.4 is 20.4 Å². The lowest BCUT2D eigenvalue weighted by Crippen LogP contribution is -2.34. The molecule has 1 atom stereocenters. The summed E-state index contributed by atoms with van der Waals surface area (Å²) in [5, 5.41) is 12.4. The van der Waals surface area contributed by atoms with E-state index >= 15 is 4.39 Å². The number of aromatic nitrogens is 1. The van der Waals surface area contributed by atoms with Crippen LogP contribution in [0.4, 0.5) is 18.9 Å². The van der Waals surface area contributed by atoms with E-state index in [-0.39, 0.29) is 34.1 Å². The third-order valence-electron chi connectivity index (χ3n) is 6.78. The minimum atomic E-state index is -3.23. The molecule has 2 aromatic rings. The highest BCUT2D eigenvalue weighted by Crippen LogP contribution is 2.55. The summed E-state index contributed by atoms with van der Waals surface area (Å²) >= 11 is 0. The molecule has 0 radical (unpaired) electrons. The zero-order valence-electron chi connectivity index (χ0n) is 16.8. The van der Waals surface area contributed by atoms with Crippen molar-refractivity contribution in [2.45, 2.75) is 44.4 Å². The summed E-state index contributed by atoms with van der Waals surface area (Å²) in [5.41, 5.74) is -1.55. The number of carboxylic acid groups (broad SMARTS) is 1. The first-order chi connectivity index (χ1) is 14.8. The Morgan fingerprint density at radius 1 is 1.35 bits per heavy atom. The van der Waals surface area contributed by atoms with Crippen LogP contribution in [0.2, 0.25) is 0 Å². The van der Waals surface area contributed by atoms with Crippen LogP contribution in [-0.2, 0) is 0 Å². The number of carbonyl (C=O) groups is 1. The smallest absolute Gasteiger partial charge is 0.387 e. The maximum absolute atomic E-state index is 15.4. The number of benzene rings is 1. The van der Waals surface area contributed by atoms with Gasteiger partial charge in [-0.2, -0.15) is 8.78 Å². The van der Waals surface area contributed by atoms with Gasteiger partial charge in [-0.3, -0.25) is 4.79 Å². The molecule has 1 spiro atoms. The van der Waals surface area contributed by atoms with Gasteiger partial charge in [0.15, 0.2) is 11.6 Å². The van der Waals surface area contributed by atoms with Crippen molar-refractivity contribution in [3.63, 3.8) is 0 Å². The SMILES string of the molecule is CN[C@H]1CN(c2c(F)cc3c(=O)c(C(=O)O)cn(C4CC4)c3c2OC(F)F)CC12CC2. The van der Waals surface area contributed by atoms with Crippen LogP contribution >= 0.6 is 0 Å². The van der Waals surface area contributed by atoms with Crippen LogP contribution in [0.1, 0.15) is 42.1 Å². The Kier molecular flexibility index (Phi) is 4.47. The van der Waals surface area contributed by atoms with Crippen LogP contribution in [0.15, 0.2) is 17.1 Å². The third-order valence-corrected chi connectivity index (χ3v) is 6.78. The van der Waals surface area contributed by atoms with E-state index in [1.807, 2.05) is 7.05 Å². The minimum Gasteiger partial charge on any atom is -0.477 e. The largest absolute Gasteiger partial charge is 0.477 e. The van der Waals surface area contributed by atoms with E-state index in [4.69, 9.17) is 4.74 Å². The van der Waals surface area contributed by atoms with Crippen molar-refractivity contribution in [1.29, 1.82) is 0 Å². The molecule has 3 aliphatic rings. The second-order valence-electron chi connectivity index (χ2n) is 8.71. The summed E-state index contributed by atoms with van der Waals surface area (Å²) in [6.45, 7) is -2.33. The lowest BCUT2D eigenvalue weighted by molar-refractivity contribution is -0.0488. The lowest BCUT2D eigenvalue weighted by Gasteiger charge is -2.25. The molecule has 0 amide bonds. The Morgan fingerprint density at radius 3 is 2.58 bits per heavy atom. The molecule has 1 aromatic heterocycles. The van der Waals surface area contributed by atoms with Crippen LogP contribution in [0.5, 0.6) is 5.75 Å². The van der Waals surface area contributed by atoms with E-state index in [0.717, 1.165) is 25.1 Å². The van der Waals surface area contributed by atoms with Crippen LogP contribution in [0, 0.1) is 11.2 Å². The average molecular weight is 437 g/mol. The van der Waals surface area contributed by atoms with Gasteiger partial charge in [-0.15, -0.1) is 0 Å². The molecule has 1 aromatic carbocycles. The summed E-state index contributed by atoms with van der Waals surface area (Å²) in [6.07, 6.45) is 4.49. The number of nitrogens with one attached hydrogen (secondary N) is 1. The second-order valence-corrected chi connectivity index (χ2v) is 8.71. The molecule has 166 valence electrons. The van der Waals surface area contributed by atoms with Gasteiger partial charge in [0.2, 0.25) is 5.43 Å². The molecule has 5 rings (SSSR count). The molecule has 31 heavy (non-hydrogen) atoms. The summed E-state index contributed by atoms with van der Waals surface area (Å²) in [7, 11) is 1.82. The number of hydrogen-bond acceptors (Lipinski definition) is 5. The van der Waals surface area contributed by atoms with Crippen LogP contribution in [0.3, 0.4) is 0 Å². The van der Waals surface area contributed by atoms with Crippen LogP contribution in [0.25, 0.3) is 10.9 Å². The lowest BCUT2D eigenvalue weighted by atomic mass is 10.0. The summed E-state index contributed by atoms with van der Waals surface area (Å²) in [5.74, 6) is -2.73. The van der Waals surface area contributed by atoms with Crippen molar-refractivity contribution in [2.75, 3.05) is 25.0 Å². The number of rotatable bonds is 6. The van der Waals surface area contributed by atoms with Crippen molar-refractivity contribution in [3.05, 3.63) is 33.9 Å². The van der Waals surface area contributed by atoms with Gasteiger partial charge in [-0.05, 0) is 38.8 Å². The highest BCUT2D eigenvalue weighted by atomic mass is 19.3. The number of nitrogens with zero attached hydrogens (tertiary/aromatic N) is 2. The van der Waals surface area contributed by atoms with Gasteiger partial charge in [0.25, 0.3) is 0 Å². The Hall–Kier alpha value is -2.75. The molecule has 1 aliphatic heterocycles. The first-order valence-corrected chi connectivity index (χ1v) is 10.3. The van der Waals surface area contributed by atoms with Crippen molar-refractivity contribution in [3.8, 4) is 5.75 Å². The van der Waals surface area contributed by atoms with E-state index in [2.05, 4.69) is 5.32 Å². The van der Waals surface area contributed by atoms with Crippen molar-refractivity contribution in [2.24, 2.45) is 5.41 Å². The highest BCUT2D eigenvalue weighted by Gasteiger charge is 2.55. The average Bonchev–Trinajstić information content (AvgIpc) is 3.60. The van der Waals surface area contributed by atoms with E-state index in [1.54, 1.807) is 4.90 Å². The number of fused-ring (bicyclic) bond motifs is 1. The number of hydrogen-bond donors (Lipinski definition) is 2. The standard InChI is InChI=1S/C21H22F3N3O4/c1-25-14-8-26(9-21(14)4-5-21)16-13(22)6-11-15(18(16)31-20(23)24)27(10-2-3-10)7-12(17(11)28)19(29)30/h6-7,10,14,20,25H,2-5,8-9H2,1H3,(H,29,30)/t14-/m0/s1. The minimum absolute atomic E-state index is 0.0203. The topological polar surface area (TPSA) is 83.8 Å². The zero-order valence-corrected chi connectivity index (χ0v) is 16.8. The van der Waals surface area contributed by atoms with Crippen molar-refractivity contribution < 1.29 is 27.8 Å². The van der Waals surface area contributed by atoms with E-state index in [0.29, 0.717) is 25.9 Å². The quantitative estimate of drug-likeness (QED) is 0.723. The molecular formula is C21H22F3N3O4. The van der Waals surface area contributed by atoms with Crippen molar-refractivity contribution >= 4 is 22.6 Å². The molecule has 0 unspecified atom stereocenters. The predicted molar refractivity (Wildman–Crippen MR) is 107 cm³/mol.